The Labute approximate surface area is 186 Å². The zero-order chi connectivity index (χ0) is 22.0. The second-order valence-corrected chi connectivity index (χ2v) is 8.24. The van der Waals surface area contributed by atoms with Gasteiger partial charge in [0.2, 0.25) is 0 Å². The van der Waals surface area contributed by atoms with Crippen molar-refractivity contribution in [2.45, 2.75) is 51.1 Å². The standard InChI is InChI=1S/C24H25ClN2O4/c1-2-31-19-14-15(11-12-17(19)25)22(28)20-21(18-10-6-7-13-26-18)27(24(30)23(20)29)16-8-4-3-5-9-16/h6-7,10-14,16,21,28H,2-5,8-9H2,1H3/b22-20-. The summed E-state index contributed by atoms with van der Waals surface area (Å²) in [7, 11) is 0. The molecule has 7 heteroatoms. The van der Waals surface area contributed by atoms with E-state index in [2.05, 4.69) is 4.98 Å². The van der Waals surface area contributed by atoms with E-state index in [0.29, 0.717) is 28.6 Å². The SMILES string of the molecule is CCOc1cc(/C(O)=C2/C(=O)C(=O)N(C3CCCCC3)C2c2ccccn2)ccc1Cl. The zero-order valence-corrected chi connectivity index (χ0v) is 18.1. The van der Waals surface area contributed by atoms with Crippen molar-refractivity contribution in [3.8, 4) is 5.75 Å². The Kier molecular flexibility index (Phi) is 6.28. The number of carbonyl (C=O) groups excluding carboxylic acids is 2. The summed E-state index contributed by atoms with van der Waals surface area (Å²) in [5.74, 6) is -1.11. The highest BCUT2D eigenvalue weighted by Crippen LogP contribution is 2.42. The average molecular weight is 441 g/mol. The van der Waals surface area contributed by atoms with Gasteiger partial charge in [0.1, 0.15) is 17.6 Å². The molecule has 0 bridgehead atoms. The lowest BCUT2D eigenvalue weighted by molar-refractivity contribution is -0.141. The number of rotatable bonds is 5. The second kappa shape index (κ2) is 9.10. The van der Waals surface area contributed by atoms with Gasteiger partial charge >= 0.3 is 0 Å². The molecule has 1 saturated carbocycles. The number of benzene rings is 1. The van der Waals surface area contributed by atoms with Gasteiger partial charge in [-0.3, -0.25) is 14.6 Å². The van der Waals surface area contributed by atoms with Crippen LogP contribution in [0.15, 0.2) is 48.2 Å². The predicted molar refractivity (Wildman–Crippen MR) is 118 cm³/mol. The third-order valence-electron chi connectivity index (χ3n) is 5.92. The molecule has 2 aromatic rings. The Bertz CT molecular complexity index is 1020. The highest BCUT2D eigenvalue weighted by Gasteiger charge is 2.49. The molecule has 1 N–H and O–H groups in total. The van der Waals surface area contributed by atoms with Crippen LogP contribution in [0, 0.1) is 0 Å². The monoisotopic (exact) mass is 440 g/mol. The molecule has 6 nitrogen and oxygen atoms in total. The fourth-order valence-corrected chi connectivity index (χ4v) is 4.66. The van der Waals surface area contributed by atoms with Crippen LogP contribution in [-0.2, 0) is 9.59 Å². The number of aliphatic hydroxyl groups is 1. The van der Waals surface area contributed by atoms with Crippen LogP contribution in [0.25, 0.3) is 5.76 Å². The number of halogens is 1. The summed E-state index contributed by atoms with van der Waals surface area (Å²) in [6.45, 7) is 2.24. The minimum atomic E-state index is -0.726. The largest absolute Gasteiger partial charge is 0.507 e. The fourth-order valence-electron chi connectivity index (χ4n) is 4.49. The van der Waals surface area contributed by atoms with Crippen LogP contribution < -0.4 is 4.74 Å². The Morgan fingerprint density at radius 2 is 1.97 bits per heavy atom. The molecule has 1 amide bonds. The van der Waals surface area contributed by atoms with E-state index in [1.807, 2.05) is 13.0 Å². The quantitative estimate of drug-likeness (QED) is 0.407. The van der Waals surface area contributed by atoms with Gasteiger partial charge in [-0.1, -0.05) is 36.9 Å². The van der Waals surface area contributed by atoms with Crippen LogP contribution in [0.3, 0.4) is 0 Å². The third-order valence-corrected chi connectivity index (χ3v) is 6.23. The van der Waals surface area contributed by atoms with Crippen LogP contribution in [0.2, 0.25) is 5.02 Å². The molecule has 2 heterocycles. The Morgan fingerprint density at radius 3 is 2.65 bits per heavy atom. The van der Waals surface area contributed by atoms with Crippen LogP contribution in [0.1, 0.15) is 56.3 Å². The van der Waals surface area contributed by atoms with E-state index in [-0.39, 0.29) is 17.4 Å². The van der Waals surface area contributed by atoms with E-state index in [4.69, 9.17) is 16.3 Å². The van der Waals surface area contributed by atoms with E-state index in [9.17, 15) is 14.7 Å². The highest BCUT2D eigenvalue weighted by molar-refractivity contribution is 6.46. The molecule has 4 rings (SSSR count). The van der Waals surface area contributed by atoms with Crippen molar-refractivity contribution in [2.75, 3.05) is 6.61 Å². The van der Waals surface area contributed by atoms with Crippen molar-refractivity contribution in [2.24, 2.45) is 0 Å². The van der Waals surface area contributed by atoms with Gasteiger partial charge in [-0.15, -0.1) is 0 Å². The van der Waals surface area contributed by atoms with Crippen molar-refractivity contribution >= 4 is 29.1 Å². The number of likely N-dealkylation sites (tertiary alicyclic amines) is 1. The lowest BCUT2D eigenvalue weighted by Crippen LogP contribution is -2.40. The van der Waals surface area contributed by atoms with E-state index in [1.165, 1.54) is 0 Å². The summed E-state index contributed by atoms with van der Waals surface area (Å²) >= 11 is 6.18. The van der Waals surface area contributed by atoms with Crippen molar-refractivity contribution < 1.29 is 19.4 Å². The molecular formula is C24H25ClN2O4. The minimum Gasteiger partial charge on any atom is -0.507 e. The lowest BCUT2D eigenvalue weighted by Gasteiger charge is -2.35. The van der Waals surface area contributed by atoms with Gasteiger partial charge in [-0.05, 0) is 50.1 Å². The molecule has 1 aromatic heterocycles. The molecule has 1 saturated heterocycles. The second-order valence-electron chi connectivity index (χ2n) is 7.83. The normalized spacial score (nSPS) is 21.5. The van der Waals surface area contributed by atoms with E-state index >= 15 is 0 Å². The number of nitrogens with zero attached hydrogens (tertiary/aromatic N) is 2. The topological polar surface area (TPSA) is 79.7 Å². The fraction of sp³-hybridized carbons (Fsp3) is 0.375. The lowest BCUT2D eigenvalue weighted by atomic mass is 9.92. The Morgan fingerprint density at radius 1 is 1.19 bits per heavy atom. The van der Waals surface area contributed by atoms with E-state index in [0.717, 1.165) is 32.1 Å². The van der Waals surface area contributed by atoms with E-state index in [1.54, 1.807) is 41.4 Å². The van der Waals surface area contributed by atoms with Crippen LogP contribution in [0.4, 0.5) is 0 Å². The van der Waals surface area contributed by atoms with E-state index < -0.39 is 17.7 Å². The molecule has 0 radical (unpaired) electrons. The number of hydrogen-bond acceptors (Lipinski definition) is 5. The molecule has 1 aliphatic heterocycles. The molecule has 2 fully saturated rings. The maximum absolute atomic E-state index is 13.1. The molecule has 1 unspecified atom stereocenters. The maximum Gasteiger partial charge on any atom is 0.295 e. The van der Waals surface area contributed by atoms with Gasteiger partial charge in [0, 0.05) is 17.8 Å². The van der Waals surface area contributed by atoms with Gasteiger partial charge < -0.3 is 14.7 Å². The minimum absolute atomic E-state index is 0.0493. The molecule has 1 aliphatic carbocycles. The highest BCUT2D eigenvalue weighted by atomic mass is 35.5. The van der Waals surface area contributed by atoms with Gasteiger partial charge in [0.05, 0.1) is 22.9 Å². The van der Waals surface area contributed by atoms with Crippen molar-refractivity contribution in [3.63, 3.8) is 0 Å². The van der Waals surface area contributed by atoms with Crippen molar-refractivity contribution in [1.82, 2.24) is 9.88 Å². The average Bonchev–Trinajstić information content (AvgIpc) is 3.07. The number of carbonyl (C=O) groups is 2. The molecule has 1 aromatic carbocycles. The summed E-state index contributed by atoms with van der Waals surface area (Å²) in [4.78, 5) is 32.3. The van der Waals surface area contributed by atoms with Gasteiger partial charge in [-0.25, -0.2) is 0 Å². The number of aromatic nitrogens is 1. The first-order valence-corrected chi connectivity index (χ1v) is 11.0. The smallest absolute Gasteiger partial charge is 0.295 e. The van der Waals surface area contributed by atoms with Crippen LogP contribution in [0.5, 0.6) is 5.75 Å². The molecule has 0 spiro atoms. The summed E-state index contributed by atoms with van der Waals surface area (Å²) in [6.07, 6.45) is 6.46. The summed E-state index contributed by atoms with van der Waals surface area (Å²) in [6, 6.07) is 9.42. The van der Waals surface area contributed by atoms with Gasteiger partial charge in [0.15, 0.2) is 0 Å². The number of aliphatic hydroxyl groups excluding tert-OH is 1. The van der Waals surface area contributed by atoms with Crippen LogP contribution in [-0.4, -0.2) is 39.3 Å². The summed E-state index contributed by atoms with van der Waals surface area (Å²) < 4.78 is 5.53. The molecule has 1 atom stereocenters. The van der Waals surface area contributed by atoms with Crippen LogP contribution >= 0.6 is 11.6 Å². The number of Topliss-reactive ketones (excluding diaryl/α,β-unsaturated/α-hetero) is 1. The first kappa shape index (κ1) is 21.4. The number of ketones is 1. The molecule has 2 aliphatic rings. The van der Waals surface area contributed by atoms with Crippen molar-refractivity contribution in [1.29, 1.82) is 0 Å². The number of amides is 1. The van der Waals surface area contributed by atoms with Gasteiger partial charge in [0.25, 0.3) is 11.7 Å². The first-order valence-electron chi connectivity index (χ1n) is 10.7. The predicted octanol–water partition coefficient (Wildman–Crippen LogP) is 4.89. The summed E-state index contributed by atoms with van der Waals surface area (Å²) in [5.41, 5.74) is 0.988. The maximum atomic E-state index is 13.1. The first-order chi connectivity index (χ1) is 15.0. The summed E-state index contributed by atoms with van der Waals surface area (Å²) in [5, 5.41) is 11.6. The molecule has 162 valence electrons. The number of ether oxygens (including phenoxy) is 1. The Hall–Kier alpha value is -2.86. The van der Waals surface area contributed by atoms with Crippen molar-refractivity contribution in [3.05, 3.63) is 64.4 Å². The third kappa shape index (κ3) is 4.04. The van der Waals surface area contributed by atoms with Gasteiger partial charge in [-0.2, -0.15) is 0 Å². The number of pyridine rings is 1. The molecule has 31 heavy (non-hydrogen) atoms. The zero-order valence-electron chi connectivity index (χ0n) is 17.4. The number of hydrogen-bond donors (Lipinski definition) is 1. The molecular weight excluding hydrogens is 416 g/mol. The Balaban J connectivity index is 1.85.